The largest absolute Gasteiger partial charge is 0.335 e. The normalized spacial score (nSPS) is 21.5. The zero-order valence-electron chi connectivity index (χ0n) is 13.7. The number of nitrogens with one attached hydrogen (secondary N) is 1. The Bertz CT molecular complexity index is 815. The highest BCUT2D eigenvalue weighted by atomic mass is 32.2. The summed E-state index contributed by atoms with van der Waals surface area (Å²) in [6, 6.07) is 3.14. The summed E-state index contributed by atoms with van der Waals surface area (Å²) >= 11 is 0. The van der Waals surface area contributed by atoms with Gasteiger partial charge >= 0.3 is 0 Å². The number of likely N-dealkylation sites (tertiary alicyclic amines) is 1. The van der Waals surface area contributed by atoms with E-state index in [4.69, 9.17) is 0 Å². The quantitative estimate of drug-likeness (QED) is 0.847. The van der Waals surface area contributed by atoms with Crippen molar-refractivity contribution in [2.24, 2.45) is 5.92 Å². The summed E-state index contributed by atoms with van der Waals surface area (Å²) in [6.07, 6.45) is 6.33. The number of amides is 1. The highest BCUT2D eigenvalue weighted by Gasteiger charge is 2.37. The summed E-state index contributed by atoms with van der Waals surface area (Å²) in [6.45, 7) is 2.94. The van der Waals surface area contributed by atoms with Crippen LogP contribution in [0.25, 0.3) is 5.65 Å². The molecule has 3 rings (SSSR count). The van der Waals surface area contributed by atoms with Crippen LogP contribution in [0.4, 0.5) is 0 Å². The number of nitrogens with zero attached hydrogens (tertiary/aromatic N) is 4. The lowest BCUT2D eigenvalue weighted by molar-refractivity contribution is 0.0779. The molecular formula is C15H21N5O3S. The van der Waals surface area contributed by atoms with Crippen LogP contribution < -0.4 is 4.72 Å². The molecule has 1 amide bonds. The predicted octanol–water partition coefficient (Wildman–Crippen LogP) is 0.519. The van der Waals surface area contributed by atoms with Crippen LogP contribution in [0, 0.1) is 5.92 Å². The Morgan fingerprint density at radius 1 is 1.42 bits per heavy atom. The minimum atomic E-state index is -3.31. The predicted molar refractivity (Wildman–Crippen MR) is 89.1 cm³/mol. The zero-order valence-corrected chi connectivity index (χ0v) is 14.5. The van der Waals surface area contributed by atoms with Gasteiger partial charge in [0, 0.05) is 37.6 Å². The summed E-state index contributed by atoms with van der Waals surface area (Å²) in [5.74, 6) is -0.0803. The Balaban J connectivity index is 1.79. The van der Waals surface area contributed by atoms with Crippen LogP contribution in [0.1, 0.15) is 30.3 Å². The molecule has 0 aromatic carbocycles. The first-order valence-corrected chi connectivity index (χ1v) is 9.83. The van der Waals surface area contributed by atoms with Gasteiger partial charge in [0.1, 0.15) is 0 Å². The number of aromatic nitrogens is 3. The standard InChI is InChI=1S/C15H21N5O3S/c1-3-5-11-9-19(10-13(11)18-24(2,22)23)15(21)12-8-14-16-6-4-7-20(14)17-12/h4,6-8,11,13,18H,3,5,9-10H2,1-2H3/t11-,13-/m1/s1. The van der Waals surface area contributed by atoms with Crippen molar-refractivity contribution in [2.45, 2.75) is 25.8 Å². The van der Waals surface area contributed by atoms with Crippen LogP contribution in [0.3, 0.4) is 0 Å². The third kappa shape index (κ3) is 3.57. The highest BCUT2D eigenvalue weighted by Crippen LogP contribution is 2.24. The third-order valence-electron chi connectivity index (χ3n) is 4.21. The van der Waals surface area contributed by atoms with E-state index in [-0.39, 0.29) is 17.9 Å². The Morgan fingerprint density at radius 3 is 2.88 bits per heavy atom. The van der Waals surface area contributed by atoms with E-state index in [1.807, 2.05) is 0 Å². The molecule has 0 bridgehead atoms. The second-order valence-electron chi connectivity index (χ2n) is 6.21. The van der Waals surface area contributed by atoms with Gasteiger partial charge in [0.25, 0.3) is 5.91 Å². The smallest absolute Gasteiger partial charge is 0.274 e. The number of hydrogen-bond donors (Lipinski definition) is 1. The van der Waals surface area contributed by atoms with Gasteiger partial charge in [0.2, 0.25) is 10.0 Å². The van der Waals surface area contributed by atoms with Crippen molar-refractivity contribution in [3.05, 3.63) is 30.2 Å². The van der Waals surface area contributed by atoms with Crippen molar-refractivity contribution in [3.63, 3.8) is 0 Å². The maximum absolute atomic E-state index is 12.7. The first kappa shape index (κ1) is 16.8. The highest BCUT2D eigenvalue weighted by molar-refractivity contribution is 7.88. The van der Waals surface area contributed by atoms with E-state index >= 15 is 0 Å². The van der Waals surface area contributed by atoms with E-state index in [0.717, 1.165) is 19.1 Å². The van der Waals surface area contributed by atoms with Crippen molar-refractivity contribution in [1.29, 1.82) is 0 Å². The van der Waals surface area contributed by atoms with Gasteiger partial charge in [-0.2, -0.15) is 5.10 Å². The minimum absolute atomic E-state index is 0.115. The first-order chi connectivity index (χ1) is 11.4. The molecule has 1 aliphatic rings. The van der Waals surface area contributed by atoms with Crippen LogP contribution in [0.5, 0.6) is 0 Å². The van der Waals surface area contributed by atoms with E-state index in [1.165, 1.54) is 0 Å². The molecule has 8 nitrogen and oxygen atoms in total. The van der Waals surface area contributed by atoms with Crippen LogP contribution >= 0.6 is 0 Å². The van der Waals surface area contributed by atoms with Gasteiger partial charge in [-0.25, -0.2) is 22.6 Å². The lowest BCUT2D eigenvalue weighted by Crippen LogP contribution is -2.40. The Hall–Kier alpha value is -2.00. The van der Waals surface area contributed by atoms with E-state index in [9.17, 15) is 13.2 Å². The van der Waals surface area contributed by atoms with Crippen molar-refractivity contribution in [2.75, 3.05) is 19.3 Å². The number of sulfonamides is 1. The van der Waals surface area contributed by atoms with E-state index < -0.39 is 10.0 Å². The van der Waals surface area contributed by atoms with E-state index in [0.29, 0.717) is 24.4 Å². The third-order valence-corrected chi connectivity index (χ3v) is 4.94. The van der Waals surface area contributed by atoms with Crippen LogP contribution in [-0.4, -0.2) is 59.2 Å². The zero-order chi connectivity index (χ0) is 17.3. The molecule has 2 atom stereocenters. The summed E-state index contributed by atoms with van der Waals surface area (Å²) in [5.41, 5.74) is 0.930. The second kappa shape index (κ2) is 6.48. The van der Waals surface area contributed by atoms with Gasteiger partial charge in [-0.15, -0.1) is 0 Å². The summed E-state index contributed by atoms with van der Waals surface area (Å²) in [7, 11) is -3.31. The number of hydrogen-bond acceptors (Lipinski definition) is 5. The molecule has 2 aromatic rings. The lowest BCUT2D eigenvalue weighted by Gasteiger charge is -2.17. The average Bonchev–Trinajstić information content (AvgIpc) is 3.10. The molecule has 1 N–H and O–H groups in total. The van der Waals surface area contributed by atoms with Gasteiger partial charge in [0.15, 0.2) is 11.3 Å². The van der Waals surface area contributed by atoms with Gasteiger partial charge < -0.3 is 4.90 Å². The van der Waals surface area contributed by atoms with Crippen LogP contribution in [0.15, 0.2) is 24.5 Å². The molecule has 1 fully saturated rings. The Labute approximate surface area is 140 Å². The van der Waals surface area contributed by atoms with Crippen molar-refractivity contribution >= 4 is 21.6 Å². The molecule has 0 aliphatic carbocycles. The molecular weight excluding hydrogens is 330 g/mol. The molecule has 1 aliphatic heterocycles. The van der Waals surface area contributed by atoms with E-state index in [2.05, 4.69) is 21.7 Å². The molecule has 3 heterocycles. The fraction of sp³-hybridized carbons (Fsp3) is 0.533. The van der Waals surface area contributed by atoms with Crippen molar-refractivity contribution in [3.8, 4) is 0 Å². The van der Waals surface area contributed by atoms with Crippen molar-refractivity contribution < 1.29 is 13.2 Å². The fourth-order valence-corrected chi connectivity index (χ4v) is 4.02. The first-order valence-electron chi connectivity index (χ1n) is 7.94. The lowest BCUT2D eigenvalue weighted by atomic mass is 9.99. The average molecular weight is 351 g/mol. The number of fused-ring (bicyclic) bond motifs is 1. The topological polar surface area (TPSA) is 96.7 Å². The van der Waals surface area contributed by atoms with Crippen molar-refractivity contribution in [1.82, 2.24) is 24.2 Å². The Kier molecular flexibility index (Phi) is 4.55. The molecule has 0 saturated carbocycles. The molecule has 1 saturated heterocycles. The molecule has 0 unspecified atom stereocenters. The molecule has 24 heavy (non-hydrogen) atoms. The summed E-state index contributed by atoms with van der Waals surface area (Å²) < 4.78 is 27.3. The van der Waals surface area contributed by atoms with Gasteiger partial charge in [0.05, 0.1) is 6.26 Å². The van der Waals surface area contributed by atoms with Crippen LogP contribution in [-0.2, 0) is 10.0 Å². The van der Waals surface area contributed by atoms with Gasteiger partial charge in [-0.05, 0) is 18.4 Å². The molecule has 2 aromatic heterocycles. The SMILES string of the molecule is CCC[C@@H]1CN(C(=O)c2cc3ncccn3n2)C[C@H]1NS(C)(=O)=O. The summed E-state index contributed by atoms with van der Waals surface area (Å²) in [4.78, 5) is 18.6. The van der Waals surface area contributed by atoms with Gasteiger partial charge in [-0.3, -0.25) is 4.79 Å². The molecule has 130 valence electrons. The van der Waals surface area contributed by atoms with Crippen LogP contribution in [0.2, 0.25) is 0 Å². The number of carbonyl (C=O) groups is 1. The van der Waals surface area contributed by atoms with Gasteiger partial charge in [-0.1, -0.05) is 13.3 Å². The Morgan fingerprint density at radius 2 is 2.21 bits per heavy atom. The second-order valence-corrected chi connectivity index (χ2v) is 7.99. The maximum atomic E-state index is 12.7. The number of rotatable bonds is 5. The fourth-order valence-electron chi connectivity index (χ4n) is 3.21. The molecule has 0 radical (unpaired) electrons. The van der Waals surface area contributed by atoms with E-state index in [1.54, 1.807) is 33.9 Å². The minimum Gasteiger partial charge on any atom is -0.335 e. The molecule has 9 heteroatoms. The number of carbonyl (C=O) groups excluding carboxylic acids is 1. The monoisotopic (exact) mass is 351 g/mol. The summed E-state index contributed by atoms with van der Waals surface area (Å²) in [5, 5.41) is 4.25. The maximum Gasteiger partial charge on any atom is 0.274 e. The molecule has 0 spiro atoms.